The summed E-state index contributed by atoms with van der Waals surface area (Å²) in [6.07, 6.45) is 0. The second kappa shape index (κ2) is 5.57. The molecule has 0 saturated carbocycles. The maximum atomic E-state index is 12.6. The summed E-state index contributed by atoms with van der Waals surface area (Å²) in [6, 6.07) is 8.38. The van der Waals surface area contributed by atoms with Crippen LogP contribution in [0.5, 0.6) is 0 Å². The number of nitrogen functional groups attached to an aromatic ring is 1. The number of nitrogens with two attached hydrogens (primary N) is 1. The van der Waals surface area contributed by atoms with Crippen molar-refractivity contribution < 1.29 is 13.2 Å². The van der Waals surface area contributed by atoms with Gasteiger partial charge in [0, 0.05) is 18.5 Å². The number of ether oxygens (including phenoxy) is 1. The number of fused-ring (bicyclic) bond motifs is 1. The van der Waals surface area contributed by atoms with Gasteiger partial charge in [0.15, 0.2) is 0 Å². The average molecular weight is 308 g/mol. The number of benzene rings is 1. The molecule has 2 aromatic rings. The van der Waals surface area contributed by atoms with Crippen molar-refractivity contribution >= 4 is 26.7 Å². The van der Waals surface area contributed by atoms with Gasteiger partial charge in [-0.25, -0.2) is 19.2 Å². The summed E-state index contributed by atoms with van der Waals surface area (Å²) >= 11 is 0. The fourth-order valence-corrected chi connectivity index (χ4v) is 3.72. The first-order valence-corrected chi connectivity index (χ1v) is 8.00. The van der Waals surface area contributed by atoms with Gasteiger partial charge < -0.3 is 10.2 Å². The summed E-state index contributed by atoms with van der Waals surface area (Å²) in [7, 11) is -3.48. The zero-order chi connectivity index (χ0) is 14.9. The molecule has 1 aliphatic heterocycles. The van der Waals surface area contributed by atoms with E-state index in [9.17, 15) is 8.42 Å². The van der Waals surface area contributed by atoms with E-state index in [0.717, 1.165) is 5.39 Å². The van der Waals surface area contributed by atoms with E-state index in [1.54, 1.807) is 30.3 Å². The van der Waals surface area contributed by atoms with Crippen molar-refractivity contribution in [3.05, 3.63) is 30.3 Å². The Morgan fingerprint density at radius 1 is 1.19 bits per heavy atom. The number of aromatic nitrogens is 1. The molecule has 1 aromatic heterocycles. The van der Waals surface area contributed by atoms with Gasteiger partial charge >= 0.3 is 0 Å². The maximum Gasteiger partial charge on any atom is 0.243 e. The Labute approximate surface area is 122 Å². The molecule has 0 spiro atoms. The average Bonchev–Trinajstić information content (AvgIpc) is 2.54. The lowest BCUT2D eigenvalue weighted by atomic mass is 10.2. The van der Waals surface area contributed by atoms with Crippen LogP contribution in [-0.2, 0) is 14.8 Å². The molecule has 112 valence electrons. The normalized spacial score (nSPS) is 17.0. The molecule has 0 aliphatic carbocycles. The van der Waals surface area contributed by atoms with Crippen LogP contribution in [-0.4, -0.2) is 44.0 Å². The lowest BCUT2D eigenvalue weighted by Gasteiger charge is -2.26. The molecule has 0 amide bonds. The summed E-state index contributed by atoms with van der Waals surface area (Å²) in [6.45, 7) is 1.63. The summed E-state index contributed by atoms with van der Waals surface area (Å²) in [5.41, 5.74) is 3.15. The zero-order valence-electron chi connectivity index (χ0n) is 11.3. The van der Waals surface area contributed by atoms with Crippen LogP contribution in [0.4, 0.5) is 5.82 Å². The number of nitrogens with zero attached hydrogens (tertiary/aromatic N) is 2. The highest BCUT2D eigenvalue weighted by atomic mass is 32.2. The predicted molar refractivity (Wildman–Crippen MR) is 79.1 cm³/mol. The van der Waals surface area contributed by atoms with E-state index < -0.39 is 10.0 Å². The van der Waals surface area contributed by atoms with Crippen LogP contribution in [0, 0.1) is 0 Å². The molecule has 0 unspecified atom stereocenters. The maximum absolute atomic E-state index is 12.6. The van der Waals surface area contributed by atoms with Crippen molar-refractivity contribution in [2.75, 3.05) is 31.7 Å². The summed E-state index contributed by atoms with van der Waals surface area (Å²) in [4.78, 5) is 4.54. The Hall–Kier alpha value is -1.74. The van der Waals surface area contributed by atoms with Crippen molar-refractivity contribution in [1.82, 2.24) is 9.29 Å². The van der Waals surface area contributed by atoms with Gasteiger partial charge in [0.2, 0.25) is 10.0 Å². The second-order valence-electron chi connectivity index (χ2n) is 4.71. The monoisotopic (exact) mass is 308 g/mol. The van der Waals surface area contributed by atoms with Crippen LogP contribution >= 0.6 is 0 Å². The molecule has 0 atom stereocenters. The number of sulfonamides is 1. The number of pyridine rings is 1. The Bertz CT molecular complexity index is 757. The third kappa shape index (κ3) is 2.70. The van der Waals surface area contributed by atoms with Gasteiger partial charge in [0.1, 0.15) is 5.82 Å². The molecule has 1 aliphatic rings. The van der Waals surface area contributed by atoms with Crippen LogP contribution in [0.2, 0.25) is 0 Å². The fraction of sp³-hybridized carbons (Fsp3) is 0.308. The van der Waals surface area contributed by atoms with E-state index >= 15 is 0 Å². The number of morpholine rings is 1. The van der Waals surface area contributed by atoms with E-state index in [0.29, 0.717) is 37.6 Å². The standard InChI is InChI=1S/C13H16N4O3S/c14-16-13-4-1-10-9-11(2-3-12(10)15-13)21(18,19)17-5-7-20-8-6-17/h1-4,9H,5-8,14H2,(H,15,16). The topological polar surface area (TPSA) is 97.5 Å². The fourth-order valence-electron chi connectivity index (χ4n) is 2.28. The molecule has 1 aromatic carbocycles. The molecule has 3 rings (SSSR count). The molecule has 1 fully saturated rings. The highest BCUT2D eigenvalue weighted by molar-refractivity contribution is 7.89. The predicted octanol–water partition coefficient (Wildman–Crippen LogP) is 0.541. The number of hydrogen-bond donors (Lipinski definition) is 2. The van der Waals surface area contributed by atoms with Gasteiger partial charge in [0.25, 0.3) is 0 Å². The van der Waals surface area contributed by atoms with E-state index in [2.05, 4.69) is 10.4 Å². The quantitative estimate of drug-likeness (QED) is 0.634. The van der Waals surface area contributed by atoms with Gasteiger partial charge in [0.05, 0.1) is 23.6 Å². The third-order valence-corrected chi connectivity index (χ3v) is 5.31. The van der Waals surface area contributed by atoms with Gasteiger partial charge in [-0.2, -0.15) is 4.31 Å². The minimum Gasteiger partial charge on any atom is -0.379 e. The molecule has 2 heterocycles. The molecular formula is C13H16N4O3S. The minimum atomic E-state index is -3.48. The molecule has 7 nitrogen and oxygen atoms in total. The molecule has 21 heavy (non-hydrogen) atoms. The van der Waals surface area contributed by atoms with E-state index in [4.69, 9.17) is 10.6 Å². The Kier molecular flexibility index (Phi) is 3.77. The molecule has 8 heteroatoms. The van der Waals surface area contributed by atoms with Gasteiger partial charge in [-0.3, -0.25) is 0 Å². The van der Waals surface area contributed by atoms with Crippen LogP contribution in [0.25, 0.3) is 10.9 Å². The molecule has 0 bridgehead atoms. The Morgan fingerprint density at radius 2 is 1.95 bits per heavy atom. The number of hydrogen-bond acceptors (Lipinski definition) is 6. The van der Waals surface area contributed by atoms with Crippen LogP contribution in [0.1, 0.15) is 0 Å². The third-order valence-electron chi connectivity index (χ3n) is 3.42. The summed E-state index contributed by atoms with van der Waals surface area (Å²) in [5.74, 6) is 5.84. The van der Waals surface area contributed by atoms with Gasteiger partial charge in [-0.05, 0) is 30.3 Å². The first-order chi connectivity index (χ1) is 10.1. The first-order valence-electron chi connectivity index (χ1n) is 6.56. The number of hydrazine groups is 1. The molecule has 0 radical (unpaired) electrons. The first kappa shape index (κ1) is 14.2. The summed E-state index contributed by atoms with van der Waals surface area (Å²) in [5, 5.41) is 0.753. The zero-order valence-corrected chi connectivity index (χ0v) is 12.1. The SMILES string of the molecule is NNc1ccc2cc(S(=O)(=O)N3CCOCC3)ccc2n1. The molecular weight excluding hydrogens is 292 g/mol. The smallest absolute Gasteiger partial charge is 0.243 e. The van der Waals surface area contributed by atoms with Crippen LogP contribution in [0.3, 0.4) is 0 Å². The van der Waals surface area contributed by atoms with E-state index in [1.165, 1.54) is 4.31 Å². The minimum absolute atomic E-state index is 0.271. The highest BCUT2D eigenvalue weighted by Crippen LogP contribution is 2.22. The largest absolute Gasteiger partial charge is 0.379 e. The van der Waals surface area contributed by atoms with E-state index in [1.807, 2.05) is 0 Å². The van der Waals surface area contributed by atoms with Gasteiger partial charge in [-0.1, -0.05) is 0 Å². The Morgan fingerprint density at radius 3 is 2.67 bits per heavy atom. The van der Waals surface area contributed by atoms with Crippen LogP contribution in [0.15, 0.2) is 35.2 Å². The van der Waals surface area contributed by atoms with E-state index in [-0.39, 0.29) is 4.90 Å². The van der Waals surface area contributed by atoms with Crippen molar-refractivity contribution in [3.63, 3.8) is 0 Å². The van der Waals surface area contributed by atoms with Gasteiger partial charge in [-0.15, -0.1) is 0 Å². The van der Waals surface area contributed by atoms with Crippen LogP contribution < -0.4 is 11.3 Å². The second-order valence-corrected chi connectivity index (χ2v) is 6.65. The number of nitrogens with one attached hydrogen (secondary N) is 1. The molecule has 1 saturated heterocycles. The number of rotatable bonds is 3. The van der Waals surface area contributed by atoms with Crippen molar-refractivity contribution in [2.45, 2.75) is 4.90 Å². The van der Waals surface area contributed by atoms with Crippen molar-refractivity contribution in [1.29, 1.82) is 0 Å². The highest BCUT2D eigenvalue weighted by Gasteiger charge is 2.26. The number of anilines is 1. The van der Waals surface area contributed by atoms with Crippen molar-refractivity contribution in [2.24, 2.45) is 5.84 Å². The lowest BCUT2D eigenvalue weighted by molar-refractivity contribution is 0.0730. The summed E-state index contributed by atoms with van der Waals surface area (Å²) < 4.78 is 31.8. The lowest BCUT2D eigenvalue weighted by Crippen LogP contribution is -2.40. The Balaban J connectivity index is 2.00. The molecule has 3 N–H and O–H groups in total. The van der Waals surface area contributed by atoms with Crippen molar-refractivity contribution in [3.8, 4) is 0 Å².